The van der Waals surface area contributed by atoms with Crippen molar-refractivity contribution in [2.75, 3.05) is 13.2 Å². The molecule has 2 unspecified atom stereocenters. The van der Waals surface area contributed by atoms with E-state index in [2.05, 4.69) is 11.1 Å². The minimum Gasteiger partial charge on any atom is -0.484 e. The van der Waals surface area contributed by atoms with Crippen LogP contribution in [0.4, 0.5) is 0 Å². The SMILES string of the molecule is Cc1ccc2cccc(OC3COCCC3N)c2n1. The molecule has 1 aromatic heterocycles. The maximum absolute atomic E-state index is 6.08. The van der Waals surface area contributed by atoms with Crippen molar-refractivity contribution >= 4 is 10.9 Å². The van der Waals surface area contributed by atoms with E-state index in [1.165, 1.54) is 0 Å². The molecule has 4 nitrogen and oxygen atoms in total. The van der Waals surface area contributed by atoms with Crippen molar-refractivity contribution in [1.82, 2.24) is 4.98 Å². The Morgan fingerprint density at radius 1 is 1.32 bits per heavy atom. The fraction of sp³-hybridized carbons (Fsp3) is 0.400. The number of aryl methyl sites for hydroxylation is 1. The van der Waals surface area contributed by atoms with Crippen molar-refractivity contribution in [3.63, 3.8) is 0 Å². The van der Waals surface area contributed by atoms with Gasteiger partial charge in [0, 0.05) is 23.7 Å². The van der Waals surface area contributed by atoms with Gasteiger partial charge in [0.15, 0.2) is 0 Å². The monoisotopic (exact) mass is 258 g/mol. The Hall–Kier alpha value is -1.65. The molecular weight excluding hydrogens is 240 g/mol. The van der Waals surface area contributed by atoms with E-state index in [1.54, 1.807) is 0 Å². The van der Waals surface area contributed by atoms with Crippen LogP contribution in [0.2, 0.25) is 0 Å². The van der Waals surface area contributed by atoms with Gasteiger partial charge in [-0.25, -0.2) is 4.98 Å². The van der Waals surface area contributed by atoms with E-state index in [0.717, 1.165) is 28.8 Å². The highest BCUT2D eigenvalue weighted by Gasteiger charge is 2.24. The second-order valence-electron chi connectivity index (χ2n) is 4.96. The molecule has 0 aliphatic carbocycles. The molecule has 1 aromatic carbocycles. The first-order valence-corrected chi connectivity index (χ1v) is 6.60. The Kier molecular flexibility index (Phi) is 3.36. The number of hydrogen-bond acceptors (Lipinski definition) is 4. The zero-order chi connectivity index (χ0) is 13.2. The van der Waals surface area contributed by atoms with Gasteiger partial charge in [0.25, 0.3) is 0 Å². The second-order valence-corrected chi connectivity index (χ2v) is 4.96. The molecule has 0 radical (unpaired) electrons. The largest absolute Gasteiger partial charge is 0.484 e. The first-order chi connectivity index (χ1) is 9.24. The number of nitrogens with two attached hydrogens (primary N) is 1. The van der Waals surface area contributed by atoms with Gasteiger partial charge in [-0.2, -0.15) is 0 Å². The maximum Gasteiger partial charge on any atom is 0.146 e. The molecule has 2 N–H and O–H groups in total. The summed E-state index contributed by atoms with van der Waals surface area (Å²) in [6.45, 7) is 3.24. The van der Waals surface area contributed by atoms with Gasteiger partial charge in [-0.3, -0.25) is 0 Å². The normalized spacial score (nSPS) is 23.5. The van der Waals surface area contributed by atoms with E-state index in [0.29, 0.717) is 13.2 Å². The van der Waals surface area contributed by atoms with Crippen LogP contribution >= 0.6 is 0 Å². The van der Waals surface area contributed by atoms with Crippen LogP contribution in [0.15, 0.2) is 30.3 Å². The summed E-state index contributed by atoms with van der Waals surface area (Å²) >= 11 is 0. The third-order valence-corrected chi connectivity index (χ3v) is 3.46. The van der Waals surface area contributed by atoms with Gasteiger partial charge in [0.05, 0.1) is 6.61 Å². The van der Waals surface area contributed by atoms with E-state index < -0.39 is 0 Å². The van der Waals surface area contributed by atoms with Crippen molar-refractivity contribution in [2.45, 2.75) is 25.5 Å². The summed E-state index contributed by atoms with van der Waals surface area (Å²) in [7, 11) is 0. The lowest BCUT2D eigenvalue weighted by atomic mass is 10.1. The minimum atomic E-state index is -0.0957. The average molecular weight is 258 g/mol. The van der Waals surface area contributed by atoms with Crippen molar-refractivity contribution in [3.8, 4) is 5.75 Å². The Balaban J connectivity index is 1.93. The molecular formula is C15H18N2O2. The lowest BCUT2D eigenvalue weighted by Crippen LogP contribution is -2.46. The first-order valence-electron chi connectivity index (χ1n) is 6.60. The number of fused-ring (bicyclic) bond motifs is 1. The molecule has 1 aliphatic heterocycles. The summed E-state index contributed by atoms with van der Waals surface area (Å²) < 4.78 is 11.5. The number of pyridine rings is 1. The van der Waals surface area contributed by atoms with Gasteiger partial charge < -0.3 is 15.2 Å². The van der Waals surface area contributed by atoms with Crippen LogP contribution in [-0.4, -0.2) is 30.3 Å². The third-order valence-electron chi connectivity index (χ3n) is 3.46. The number of rotatable bonds is 2. The van der Waals surface area contributed by atoms with Gasteiger partial charge in [-0.15, -0.1) is 0 Å². The van der Waals surface area contributed by atoms with Crippen LogP contribution in [0.5, 0.6) is 5.75 Å². The highest BCUT2D eigenvalue weighted by molar-refractivity contribution is 5.84. The quantitative estimate of drug-likeness (QED) is 0.895. The van der Waals surface area contributed by atoms with Gasteiger partial charge in [-0.05, 0) is 25.5 Å². The van der Waals surface area contributed by atoms with Crippen molar-refractivity contribution in [2.24, 2.45) is 5.73 Å². The highest BCUT2D eigenvalue weighted by atomic mass is 16.5. The summed E-state index contributed by atoms with van der Waals surface area (Å²) in [5.74, 6) is 0.784. The fourth-order valence-corrected chi connectivity index (χ4v) is 2.33. The lowest BCUT2D eigenvalue weighted by molar-refractivity contribution is -0.00474. The number of para-hydroxylation sites is 1. The Morgan fingerprint density at radius 3 is 3.05 bits per heavy atom. The number of aromatic nitrogens is 1. The van der Waals surface area contributed by atoms with Crippen molar-refractivity contribution < 1.29 is 9.47 Å². The Bertz CT molecular complexity index is 585. The number of ether oxygens (including phenoxy) is 2. The minimum absolute atomic E-state index is 0.0221. The molecule has 100 valence electrons. The van der Waals surface area contributed by atoms with Crippen LogP contribution in [0.25, 0.3) is 10.9 Å². The predicted octanol–water partition coefficient (Wildman–Crippen LogP) is 2.04. The molecule has 3 rings (SSSR count). The number of benzene rings is 1. The van der Waals surface area contributed by atoms with Crippen LogP contribution in [-0.2, 0) is 4.74 Å². The third kappa shape index (κ3) is 2.55. The standard InChI is InChI=1S/C15H18N2O2/c1-10-5-6-11-3-2-4-13(15(11)17-10)19-14-9-18-8-7-12(14)16/h2-6,12,14H,7-9,16H2,1H3. The topological polar surface area (TPSA) is 57.4 Å². The zero-order valence-electron chi connectivity index (χ0n) is 11.0. The average Bonchev–Trinajstić information content (AvgIpc) is 2.42. The van der Waals surface area contributed by atoms with Crippen LogP contribution in [0.3, 0.4) is 0 Å². The zero-order valence-corrected chi connectivity index (χ0v) is 11.0. The summed E-state index contributed by atoms with van der Waals surface area (Å²) in [5, 5.41) is 1.08. The summed E-state index contributed by atoms with van der Waals surface area (Å²) in [6, 6.07) is 10.0. The molecule has 0 amide bonds. The molecule has 0 bridgehead atoms. The van der Waals surface area contributed by atoms with E-state index in [1.807, 2.05) is 31.2 Å². The summed E-state index contributed by atoms with van der Waals surface area (Å²) in [4.78, 5) is 4.56. The molecule has 2 heterocycles. The Labute approximate surface area is 112 Å². The van der Waals surface area contributed by atoms with Crippen molar-refractivity contribution in [3.05, 3.63) is 36.0 Å². The first kappa shape index (κ1) is 12.4. The molecule has 1 fully saturated rings. The van der Waals surface area contributed by atoms with E-state index in [9.17, 15) is 0 Å². The molecule has 2 atom stereocenters. The van der Waals surface area contributed by atoms with E-state index in [-0.39, 0.29) is 12.1 Å². The van der Waals surface area contributed by atoms with Crippen LogP contribution < -0.4 is 10.5 Å². The molecule has 1 aliphatic rings. The lowest BCUT2D eigenvalue weighted by Gasteiger charge is -2.29. The van der Waals surface area contributed by atoms with E-state index >= 15 is 0 Å². The summed E-state index contributed by atoms with van der Waals surface area (Å²) in [6.07, 6.45) is 0.740. The van der Waals surface area contributed by atoms with Crippen molar-refractivity contribution in [1.29, 1.82) is 0 Å². The second kappa shape index (κ2) is 5.15. The number of nitrogens with zero attached hydrogens (tertiary/aromatic N) is 1. The van der Waals surface area contributed by atoms with E-state index in [4.69, 9.17) is 15.2 Å². The molecule has 0 saturated carbocycles. The van der Waals surface area contributed by atoms with Crippen LogP contribution in [0, 0.1) is 6.92 Å². The molecule has 4 heteroatoms. The Morgan fingerprint density at radius 2 is 2.21 bits per heavy atom. The highest BCUT2D eigenvalue weighted by Crippen LogP contribution is 2.26. The van der Waals surface area contributed by atoms with Gasteiger partial charge in [-0.1, -0.05) is 18.2 Å². The fourth-order valence-electron chi connectivity index (χ4n) is 2.33. The molecule has 19 heavy (non-hydrogen) atoms. The molecule has 1 saturated heterocycles. The van der Waals surface area contributed by atoms with Gasteiger partial charge in [0.2, 0.25) is 0 Å². The van der Waals surface area contributed by atoms with Crippen LogP contribution in [0.1, 0.15) is 12.1 Å². The smallest absolute Gasteiger partial charge is 0.146 e. The summed E-state index contributed by atoms with van der Waals surface area (Å²) in [5.41, 5.74) is 7.94. The van der Waals surface area contributed by atoms with Gasteiger partial charge >= 0.3 is 0 Å². The predicted molar refractivity (Wildman–Crippen MR) is 74.3 cm³/mol. The maximum atomic E-state index is 6.08. The molecule has 0 spiro atoms. The molecule has 2 aromatic rings. The van der Waals surface area contributed by atoms with Gasteiger partial charge in [0.1, 0.15) is 17.4 Å². The number of hydrogen-bond donors (Lipinski definition) is 1.